The van der Waals surface area contributed by atoms with Crippen LogP contribution in [0.4, 0.5) is 5.69 Å². The van der Waals surface area contributed by atoms with Crippen LogP contribution in [-0.4, -0.2) is 57.4 Å². The van der Waals surface area contributed by atoms with Gasteiger partial charge in [-0.3, -0.25) is 0 Å². The summed E-state index contributed by atoms with van der Waals surface area (Å²) in [6, 6.07) is 8.37. The van der Waals surface area contributed by atoms with E-state index in [0.717, 1.165) is 31.9 Å². The Hall–Kier alpha value is -1.26. The summed E-state index contributed by atoms with van der Waals surface area (Å²) in [5, 5.41) is 0. The van der Waals surface area contributed by atoms with Crippen LogP contribution in [0.2, 0.25) is 0 Å². The van der Waals surface area contributed by atoms with Gasteiger partial charge in [-0.2, -0.15) is 0 Å². The predicted molar refractivity (Wildman–Crippen MR) is 82.7 cm³/mol. The maximum atomic E-state index is 5.66. The zero-order valence-corrected chi connectivity index (χ0v) is 12.8. The number of piperazine rings is 1. The highest BCUT2D eigenvalue weighted by Gasteiger charge is 2.13. The van der Waals surface area contributed by atoms with Gasteiger partial charge < -0.3 is 19.3 Å². The van der Waals surface area contributed by atoms with Crippen LogP contribution in [0.5, 0.6) is 5.75 Å². The van der Waals surface area contributed by atoms with Crippen LogP contribution in [0.3, 0.4) is 0 Å². The molecular formula is C16H26N2O2. The normalized spacial score (nSPS) is 16.7. The predicted octanol–water partition coefficient (Wildman–Crippen LogP) is 2.24. The molecule has 20 heavy (non-hydrogen) atoms. The highest BCUT2D eigenvalue weighted by atomic mass is 16.5. The summed E-state index contributed by atoms with van der Waals surface area (Å²) in [7, 11) is 2.17. The zero-order chi connectivity index (χ0) is 14.4. The molecule has 1 fully saturated rings. The van der Waals surface area contributed by atoms with Gasteiger partial charge in [0.25, 0.3) is 0 Å². The van der Waals surface area contributed by atoms with Gasteiger partial charge in [0.15, 0.2) is 0 Å². The Balaban J connectivity index is 1.77. The molecule has 2 rings (SSSR count). The van der Waals surface area contributed by atoms with E-state index in [0.29, 0.717) is 13.2 Å². The number of likely N-dealkylation sites (N-methyl/N-ethyl adjacent to an activating group) is 1. The molecule has 0 N–H and O–H groups in total. The fourth-order valence-electron chi connectivity index (χ4n) is 2.26. The van der Waals surface area contributed by atoms with E-state index in [9.17, 15) is 0 Å². The van der Waals surface area contributed by atoms with Gasteiger partial charge in [0.2, 0.25) is 0 Å². The second-order valence-electron chi connectivity index (χ2n) is 5.55. The number of anilines is 1. The quantitative estimate of drug-likeness (QED) is 0.745. The second-order valence-corrected chi connectivity index (χ2v) is 5.55. The molecule has 0 saturated carbocycles. The average Bonchev–Trinajstić information content (AvgIpc) is 2.45. The molecule has 0 spiro atoms. The average molecular weight is 278 g/mol. The van der Waals surface area contributed by atoms with Crippen molar-refractivity contribution in [2.24, 2.45) is 0 Å². The molecule has 0 unspecified atom stereocenters. The minimum atomic E-state index is 0.262. The van der Waals surface area contributed by atoms with E-state index in [1.165, 1.54) is 5.69 Å². The summed E-state index contributed by atoms with van der Waals surface area (Å²) in [6.45, 7) is 9.76. The molecule has 0 aromatic heterocycles. The summed E-state index contributed by atoms with van der Waals surface area (Å²) < 4.78 is 11.1. The van der Waals surface area contributed by atoms with Crippen molar-refractivity contribution in [3.8, 4) is 5.75 Å². The molecule has 0 atom stereocenters. The van der Waals surface area contributed by atoms with E-state index in [1.54, 1.807) is 0 Å². The second kappa shape index (κ2) is 7.50. The monoisotopic (exact) mass is 278 g/mol. The summed E-state index contributed by atoms with van der Waals surface area (Å²) in [5.74, 6) is 0.912. The Morgan fingerprint density at radius 2 is 1.65 bits per heavy atom. The molecule has 0 amide bonds. The molecule has 4 nitrogen and oxygen atoms in total. The third-order valence-electron chi connectivity index (χ3n) is 3.51. The first-order valence-corrected chi connectivity index (χ1v) is 7.43. The lowest BCUT2D eigenvalue weighted by molar-refractivity contribution is 0.0553. The third kappa shape index (κ3) is 4.69. The number of ether oxygens (including phenoxy) is 2. The Kier molecular flexibility index (Phi) is 5.68. The van der Waals surface area contributed by atoms with E-state index in [4.69, 9.17) is 9.47 Å². The summed E-state index contributed by atoms with van der Waals surface area (Å²) in [5.41, 5.74) is 1.28. The standard InChI is InChI=1S/C16H26N2O2/c1-14(2)19-12-13-20-16-6-4-15(5-7-16)18-10-8-17(3)9-11-18/h4-7,14H,8-13H2,1-3H3. The van der Waals surface area contributed by atoms with Crippen LogP contribution < -0.4 is 9.64 Å². The molecule has 112 valence electrons. The van der Waals surface area contributed by atoms with Gasteiger partial charge in [-0.05, 0) is 45.2 Å². The summed E-state index contributed by atoms with van der Waals surface area (Å²) in [4.78, 5) is 4.79. The van der Waals surface area contributed by atoms with Crippen molar-refractivity contribution in [2.75, 3.05) is 51.3 Å². The Labute approximate surface area is 122 Å². The minimum absolute atomic E-state index is 0.262. The van der Waals surface area contributed by atoms with Gasteiger partial charge in [0, 0.05) is 31.9 Å². The van der Waals surface area contributed by atoms with Gasteiger partial charge in [-0.1, -0.05) is 0 Å². The lowest BCUT2D eigenvalue weighted by Crippen LogP contribution is -2.44. The van der Waals surface area contributed by atoms with E-state index < -0.39 is 0 Å². The maximum absolute atomic E-state index is 5.66. The van der Waals surface area contributed by atoms with Gasteiger partial charge >= 0.3 is 0 Å². The lowest BCUT2D eigenvalue weighted by Gasteiger charge is -2.34. The molecule has 1 heterocycles. The fraction of sp³-hybridized carbons (Fsp3) is 0.625. The highest BCUT2D eigenvalue weighted by molar-refractivity contribution is 5.49. The van der Waals surface area contributed by atoms with Crippen LogP contribution >= 0.6 is 0 Å². The minimum Gasteiger partial charge on any atom is -0.491 e. The Morgan fingerprint density at radius 3 is 2.25 bits per heavy atom. The third-order valence-corrected chi connectivity index (χ3v) is 3.51. The van der Waals surface area contributed by atoms with Crippen LogP contribution in [0.25, 0.3) is 0 Å². The topological polar surface area (TPSA) is 24.9 Å². The van der Waals surface area contributed by atoms with Crippen molar-refractivity contribution >= 4 is 5.69 Å². The molecule has 0 radical (unpaired) electrons. The number of rotatable bonds is 6. The van der Waals surface area contributed by atoms with Crippen LogP contribution in [-0.2, 0) is 4.74 Å². The van der Waals surface area contributed by atoms with Gasteiger partial charge in [-0.25, -0.2) is 0 Å². The molecule has 1 saturated heterocycles. The molecule has 1 aliphatic heterocycles. The van der Waals surface area contributed by atoms with Crippen LogP contribution in [0.15, 0.2) is 24.3 Å². The van der Waals surface area contributed by atoms with Crippen molar-refractivity contribution in [2.45, 2.75) is 20.0 Å². The van der Waals surface area contributed by atoms with Crippen molar-refractivity contribution in [1.29, 1.82) is 0 Å². The number of hydrogen-bond acceptors (Lipinski definition) is 4. The van der Waals surface area contributed by atoms with E-state index in [-0.39, 0.29) is 6.10 Å². The molecule has 1 aliphatic rings. The van der Waals surface area contributed by atoms with Crippen LogP contribution in [0, 0.1) is 0 Å². The molecule has 0 bridgehead atoms. The zero-order valence-electron chi connectivity index (χ0n) is 12.8. The molecule has 0 aliphatic carbocycles. The first-order chi connectivity index (χ1) is 9.65. The Bertz CT molecular complexity index is 384. The fourth-order valence-corrected chi connectivity index (χ4v) is 2.26. The SMILES string of the molecule is CC(C)OCCOc1ccc(N2CCN(C)CC2)cc1. The van der Waals surface area contributed by atoms with E-state index >= 15 is 0 Å². The smallest absolute Gasteiger partial charge is 0.119 e. The Morgan fingerprint density at radius 1 is 1.00 bits per heavy atom. The van der Waals surface area contributed by atoms with Gasteiger partial charge in [0.05, 0.1) is 12.7 Å². The number of benzene rings is 1. The molecule has 1 aromatic carbocycles. The van der Waals surface area contributed by atoms with Crippen molar-refractivity contribution in [3.63, 3.8) is 0 Å². The maximum Gasteiger partial charge on any atom is 0.119 e. The first-order valence-electron chi connectivity index (χ1n) is 7.43. The van der Waals surface area contributed by atoms with Crippen molar-refractivity contribution < 1.29 is 9.47 Å². The lowest BCUT2D eigenvalue weighted by atomic mass is 10.2. The van der Waals surface area contributed by atoms with Crippen molar-refractivity contribution in [1.82, 2.24) is 4.90 Å². The molecule has 1 aromatic rings. The van der Waals surface area contributed by atoms with Gasteiger partial charge in [0.1, 0.15) is 12.4 Å². The highest BCUT2D eigenvalue weighted by Crippen LogP contribution is 2.20. The largest absolute Gasteiger partial charge is 0.491 e. The van der Waals surface area contributed by atoms with Crippen LogP contribution in [0.1, 0.15) is 13.8 Å². The summed E-state index contributed by atoms with van der Waals surface area (Å²) in [6.07, 6.45) is 0.262. The van der Waals surface area contributed by atoms with E-state index in [2.05, 4.69) is 29.0 Å². The molecule has 4 heteroatoms. The van der Waals surface area contributed by atoms with Gasteiger partial charge in [-0.15, -0.1) is 0 Å². The van der Waals surface area contributed by atoms with E-state index in [1.807, 2.05) is 26.0 Å². The summed E-state index contributed by atoms with van der Waals surface area (Å²) >= 11 is 0. The van der Waals surface area contributed by atoms with Crippen molar-refractivity contribution in [3.05, 3.63) is 24.3 Å². The molecular weight excluding hydrogens is 252 g/mol. The number of hydrogen-bond donors (Lipinski definition) is 0. The first kappa shape index (κ1) is 15.1. The number of nitrogens with zero attached hydrogens (tertiary/aromatic N) is 2.